The lowest BCUT2D eigenvalue weighted by Crippen LogP contribution is -2.26. The quantitative estimate of drug-likeness (QED) is 0.359. The van der Waals surface area contributed by atoms with Crippen LogP contribution >= 0.6 is 0 Å². The van der Waals surface area contributed by atoms with Crippen molar-refractivity contribution in [2.24, 2.45) is 0 Å². The second-order valence-corrected chi connectivity index (χ2v) is 7.12. The minimum absolute atomic E-state index is 0.0239. The van der Waals surface area contributed by atoms with Crippen LogP contribution in [0.4, 0.5) is 0 Å². The fourth-order valence-electron chi connectivity index (χ4n) is 3.30. The summed E-state index contributed by atoms with van der Waals surface area (Å²) in [6, 6.07) is 25.3. The van der Waals surface area contributed by atoms with Crippen LogP contribution < -0.4 is 5.32 Å². The molecule has 0 aliphatic rings. The van der Waals surface area contributed by atoms with Crippen LogP contribution in [0.25, 0.3) is 23.0 Å². The third-order valence-electron chi connectivity index (χ3n) is 4.91. The van der Waals surface area contributed by atoms with E-state index in [0.717, 1.165) is 16.8 Å². The van der Waals surface area contributed by atoms with E-state index < -0.39 is 5.91 Å². The second-order valence-electron chi connectivity index (χ2n) is 7.12. The molecule has 0 atom stereocenters. The van der Waals surface area contributed by atoms with Gasteiger partial charge in [0.25, 0.3) is 5.91 Å². The van der Waals surface area contributed by atoms with Crippen LogP contribution in [0, 0.1) is 11.3 Å². The van der Waals surface area contributed by atoms with Gasteiger partial charge in [0.2, 0.25) is 0 Å². The van der Waals surface area contributed by atoms with E-state index in [0.29, 0.717) is 24.2 Å². The summed E-state index contributed by atoms with van der Waals surface area (Å²) in [5.74, 6) is -0.409. The summed E-state index contributed by atoms with van der Waals surface area (Å²) >= 11 is 0. The minimum atomic E-state index is -0.409. The first-order chi connectivity index (χ1) is 15.7. The van der Waals surface area contributed by atoms with Gasteiger partial charge in [-0.2, -0.15) is 10.4 Å². The van der Waals surface area contributed by atoms with E-state index in [2.05, 4.69) is 10.3 Å². The van der Waals surface area contributed by atoms with Gasteiger partial charge in [0.05, 0.1) is 5.69 Å². The molecule has 4 aromatic rings. The van der Waals surface area contributed by atoms with Crippen molar-refractivity contribution in [1.29, 1.82) is 5.26 Å². The number of hydrogen-bond donors (Lipinski definition) is 1. The Bertz CT molecular complexity index is 1260. The molecule has 0 spiro atoms. The number of nitrogens with zero attached hydrogens (tertiary/aromatic N) is 4. The van der Waals surface area contributed by atoms with Crippen molar-refractivity contribution >= 4 is 12.0 Å². The summed E-state index contributed by atoms with van der Waals surface area (Å²) in [7, 11) is 0. The molecule has 1 N–H and O–H groups in total. The van der Waals surface area contributed by atoms with E-state index in [1.165, 1.54) is 0 Å². The molecule has 0 fully saturated rings. The van der Waals surface area contributed by atoms with Crippen molar-refractivity contribution in [3.8, 4) is 23.0 Å². The fourth-order valence-corrected chi connectivity index (χ4v) is 3.30. The molecule has 0 aliphatic heterocycles. The molecule has 1 amide bonds. The molecule has 2 aromatic heterocycles. The van der Waals surface area contributed by atoms with Crippen LogP contribution in [0.5, 0.6) is 0 Å². The molecule has 6 heteroatoms. The van der Waals surface area contributed by atoms with Crippen LogP contribution in [0.2, 0.25) is 0 Å². The maximum Gasteiger partial charge on any atom is 0.261 e. The van der Waals surface area contributed by atoms with Crippen molar-refractivity contribution in [3.05, 3.63) is 108 Å². The van der Waals surface area contributed by atoms with Crippen LogP contribution in [-0.2, 0) is 11.2 Å². The van der Waals surface area contributed by atoms with Gasteiger partial charge in [-0.15, -0.1) is 0 Å². The van der Waals surface area contributed by atoms with Crippen molar-refractivity contribution < 1.29 is 4.79 Å². The number of pyridine rings is 1. The lowest BCUT2D eigenvalue weighted by Gasteiger charge is -2.04. The lowest BCUT2D eigenvalue weighted by molar-refractivity contribution is -0.117. The molecule has 0 bridgehead atoms. The highest BCUT2D eigenvalue weighted by atomic mass is 16.1. The van der Waals surface area contributed by atoms with E-state index >= 15 is 0 Å². The molecule has 2 aromatic carbocycles. The highest BCUT2D eigenvalue weighted by Crippen LogP contribution is 2.25. The van der Waals surface area contributed by atoms with Gasteiger partial charge in [-0.05, 0) is 42.3 Å². The Labute approximate surface area is 186 Å². The monoisotopic (exact) mass is 419 g/mol. The van der Waals surface area contributed by atoms with Gasteiger partial charge in [-0.1, -0.05) is 48.5 Å². The van der Waals surface area contributed by atoms with Crippen LogP contribution in [0.3, 0.4) is 0 Å². The van der Waals surface area contributed by atoms with E-state index in [-0.39, 0.29) is 5.57 Å². The summed E-state index contributed by atoms with van der Waals surface area (Å²) < 4.78 is 1.73. The predicted molar refractivity (Wildman–Crippen MR) is 124 cm³/mol. The molecule has 0 radical (unpaired) electrons. The van der Waals surface area contributed by atoms with Crippen LogP contribution in [0.15, 0.2) is 97.0 Å². The van der Waals surface area contributed by atoms with Crippen LogP contribution in [0.1, 0.15) is 11.1 Å². The standard InChI is InChI=1S/C26H21N5O/c27-17-22(26(32)29-15-13-20-8-3-1-4-9-20)16-23-19-31(24-11-5-2-6-12-24)30-25(23)21-10-7-14-28-18-21/h1-12,14,16,18-19H,13,15H2,(H,29,32)/b22-16+. The average molecular weight is 419 g/mol. The summed E-state index contributed by atoms with van der Waals surface area (Å²) in [5.41, 5.74) is 4.14. The Kier molecular flexibility index (Phi) is 6.49. The Morgan fingerprint density at radius 2 is 1.78 bits per heavy atom. The summed E-state index contributed by atoms with van der Waals surface area (Å²) in [4.78, 5) is 16.8. The Balaban J connectivity index is 1.60. The number of hydrogen-bond acceptors (Lipinski definition) is 4. The van der Waals surface area contributed by atoms with Crippen LogP contribution in [-0.4, -0.2) is 27.2 Å². The summed E-state index contributed by atoms with van der Waals surface area (Å²) in [6.07, 6.45) is 7.48. The smallest absolute Gasteiger partial charge is 0.261 e. The molecule has 0 saturated heterocycles. The van der Waals surface area contributed by atoms with E-state index in [4.69, 9.17) is 5.10 Å². The molecule has 0 saturated carbocycles. The minimum Gasteiger partial charge on any atom is -0.351 e. The number of nitrogens with one attached hydrogen (secondary N) is 1. The third kappa shape index (κ3) is 4.97. The third-order valence-corrected chi connectivity index (χ3v) is 4.91. The van der Waals surface area contributed by atoms with Crippen molar-refractivity contribution in [2.75, 3.05) is 6.54 Å². The number of amides is 1. The number of benzene rings is 2. The molecule has 0 unspecified atom stereocenters. The molecular formula is C26H21N5O. The normalized spacial score (nSPS) is 11.0. The number of carbonyl (C=O) groups is 1. The molecule has 6 nitrogen and oxygen atoms in total. The number of carbonyl (C=O) groups excluding carboxylic acids is 1. The molecule has 156 valence electrons. The maximum atomic E-state index is 12.7. The molecule has 0 aliphatic carbocycles. The SMILES string of the molecule is N#C/C(=C\c1cn(-c2ccccc2)nc1-c1cccnc1)C(=O)NCCc1ccccc1. The van der Waals surface area contributed by atoms with Gasteiger partial charge < -0.3 is 5.32 Å². The Morgan fingerprint density at radius 1 is 1.03 bits per heavy atom. The van der Waals surface area contributed by atoms with Crippen molar-refractivity contribution in [3.63, 3.8) is 0 Å². The van der Waals surface area contributed by atoms with E-state index in [9.17, 15) is 10.1 Å². The van der Waals surface area contributed by atoms with Gasteiger partial charge >= 0.3 is 0 Å². The van der Waals surface area contributed by atoms with Gasteiger partial charge in [-0.25, -0.2) is 4.68 Å². The summed E-state index contributed by atoms with van der Waals surface area (Å²) in [5, 5.41) is 17.2. The topological polar surface area (TPSA) is 83.6 Å². The first-order valence-corrected chi connectivity index (χ1v) is 10.2. The Morgan fingerprint density at radius 3 is 2.47 bits per heavy atom. The molecule has 32 heavy (non-hydrogen) atoms. The lowest BCUT2D eigenvalue weighted by atomic mass is 10.1. The predicted octanol–water partition coefficient (Wildman–Crippen LogP) is 4.20. The summed E-state index contributed by atoms with van der Waals surface area (Å²) in [6.45, 7) is 0.445. The number of nitriles is 1. The van der Waals surface area contributed by atoms with E-state index in [1.807, 2.05) is 85.1 Å². The number of aromatic nitrogens is 3. The molecular weight excluding hydrogens is 398 g/mol. The zero-order valence-electron chi connectivity index (χ0n) is 17.3. The Hall–Kier alpha value is -4.50. The highest BCUT2D eigenvalue weighted by molar-refractivity contribution is 6.02. The van der Waals surface area contributed by atoms with E-state index in [1.54, 1.807) is 23.2 Å². The number of para-hydroxylation sites is 1. The largest absolute Gasteiger partial charge is 0.351 e. The first kappa shape index (κ1) is 20.8. The zero-order valence-corrected chi connectivity index (χ0v) is 17.3. The fraction of sp³-hybridized carbons (Fsp3) is 0.0769. The highest BCUT2D eigenvalue weighted by Gasteiger charge is 2.15. The first-order valence-electron chi connectivity index (χ1n) is 10.2. The average Bonchev–Trinajstić information content (AvgIpc) is 3.28. The number of rotatable bonds is 7. The van der Waals surface area contributed by atoms with Gasteiger partial charge in [0, 0.05) is 36.3 Å². The van der Waals surface area contributed by atoms with Crippen molar-refractivity contribution in [1.82, 2.24) is 20.1 Å². The van der Waals surface area contributed by atoms with Gasteiger partial charge in [0.1, 0.15) is 17.3 Å². The molecule has 4 rings (SSSR count). The van der Waals surface area contributed by atoms with Gasteiger partial charge in [-0.3, -0.25) is 9.78 Å². The van der Waals surface area contributed by atoms with Gasteiger partial charge in [0.15, 0.2) is 0 Å². The zero-order chi connectivity index (χ0) is 22.2. The second kappa shape index (κ2) is 10.0. The maximum absolute atomic E-state index is 12.7. The molecule has 2 heterocycles. The van der Waals surface area contributed by atoms with Crippen molar-refractivity contribution in [2.45, 2.75) is 6.42 Å².